The lowest BCUT2D eigenvalue weighted by Gasteiger charge is -2.20. The van der Waals surface area contributed by atoms with Gasteiger partial charge in [-0.15, -0.1) is 0 Å². The summed E-state index contributed by atoms with van der Waals surface area (Å²) in [5.41, 5.74) is 5.36. The number of carboxylic acid groups (broad SMARTS) is 1. The molecule has 0 aliphatic rings. The fraction of sp³-hybridized carbons (Fsp3) is 0.708. The lowest BCUT2D eigenvalue weighted by molar-refractivity contribution is -0.154. The van der Waals surface area contributed by atoms with E-state index in [1.165, 1.54) is 57.8 Å². The monoisotopic (exact) mass is 850 g/mol. The van der Waals surface area contributed by atoms with Gasteiger partial charge in [-0.2, -0.15) is 0 Å². The Morgan fingerprint density at radius 2 is 0.983 bits per heavy atom. The van der Waals surface area contributed by atoms with Crippen LogP contribution in [0, 0.1) is 0 Å². The Bertz CT molecular complexity index is 1210. The normalized spacial score (nSPS) is 14.5. The minimum atomic E-state index is -4.63. The fourth-order valence-electron chi connectivity index (χ4n) is 5.92. The van der Waals surface area contributed by atoms with E-state index in [1.807, 2.05) is 0 Å². The third-order valence-electron chi connectivity index (χ3n) is 9.47. The minimum absolute atomic E-state index is 0.00332. The highest BCUT2D eigenvalue weighted by Crippen LogP contribution is 2.43. The number of aliphatic carboxylic acids is 1. The van der Waals surface area contributed by atoms with Gasteiger partial charge >= 0.3 is 19.8 Å². The smallest absolute Gasteiger partial charge is 0.472 e. The van der Waals surface area contributed by atoms with E-state index in [-0.39, 0.29) is 13.0 Å². The number of unbranched alkanes of at least 4 members (excludes halogenated alkanes) is 17. The van der Waals surface area contributed by atoms with Crippen LogP contribution in [0.3, 0.4) is 0 Å². The predicted molar refractivity (Wildman–Crippen MR) is 244 cm³/mol. The fourth-order valence-corrected chi connectivity index (χ4v) is 6.70. The molecule has 3 unspecified atom stereocenters. The largest absolute Gasteiger partial charge is 0.480 e. The van der Waals surface area contributed by atoms with Gasteiger partial charge < -0.3 is 25.2 Å². The molecule has 3 atom stereocenters. The van der Waals surface area contributed by atoms with Crippen molar-refractivity contribution < 1.29 is 42.7 Å². The second kappa shape index (κ2) is 43.5. The lowest BCUT2D eigenvalue weighted by Crippen LogP contribution is -2.34. The highest BCUT2D eigenvalue weighted by molar-refractivity contribution is 7.47. The number of rotatable bonds is 43. The quantitative estimate of drug-likeness (QED) is 0.0234. The average molecular weight is 850 g/mol. The van der Waals surface area contributed by atoms with Crippen molar-refractivity contribution in [3.63, 3.8) is 0 Å². The van der Waals surface area contributed by atoms with Gasteiger partial charge in [-0.05, 0) is 83.5 Å². The molecule has 0 saturated carbocycles. The van der Waals surface area contributed by atoms with Gasteiger partial charge in [0.25, 0.3) is 0 Å². The van der Waals surface area contributed by atoms with Gasteiger partial charge in [-0.1, -0.05) is 164 Å². The van der Waals surface area contributed by atoms with Crippen LogP contribution in [0.15, 0.2) is 72.9 Å². The third kappa shape index (κ3) is 43.3. The molecule has 340 valence electrons. The molecule has 0 fully saturated rings. The number of allylic oxidation sites excluding steroid dienone is 12. The van der Waals surface area contributed by atoms with E-state index in [0.29, 0.717) is 13.0 Å². The summed E-state index contributed by atoms with van der Waals surface area (Å²) in [5, 5.41) is 8.91. The molecule has 0 spiro atoms. The van der Waals surface area contributed by atoms with Crippen molar-refractivity contribution >= 4 is 19.8 Å². The summed E-state index contributed by atoms with van der Waals surface area (Å²) in [6.45, 7) is 3.71. The molecule has 0 saturated heterocycles. The first-order valence-electron chi connectivity index (χ1n) is 23.0. The summed E-state index contributed by atoms with van der Waals surface area (Å²) in [5.74, 6) is -1.80. The molecule has 0 radical (unpaired) electrons. The van der Waals surface area contributed by atoms with Crippen LogP contribution in [0.4, 0.5) is 0 Å². The number of phosphoric ester groups is 1. The van der Waals surface area contributed by atoms with Crippen LogP contribution in [-0.4, -0.2) is 60.5 Å². The van der Waals surface area contributed by atoms with Crippen LogP contribution < -0.4 is 5.73 Å². The van der Waals surface area contributed by atoms with Crippen molar-refractivity contribution in [2.45, 2.75) is 193 Å². The number of esters is 1. The van der Waals surface area contributed by atoms with Crippen LogP contribution >= 0.6 is 7.82 Å². The number of hydrogen-bond acceptors (Lipinski definition) is 8. The molecule has 4 N–H and O–H groups in total. The number of hydrogen-bond donors (Lipinski definition) is 3. The molecule has 0 aliphatic heterocycles. The maximum absolute atomic E-state index is 12.7. The highest BCUT2D eigenvalue weighted by Gasteiger charge is 2.27. The summed E-state index contributed by atoms with van der Waals surface area (Å²) in [6, 6.07) is -1.48. The molecule has 0 aromatic heterocycles. The first-order valence-corrected chi connectivity index (χ1v) is 24.5. The predicted octanol–water partition coefficient (Wildman–Crippen LogP) is 13.0. The molecule has 0 rings (SSSR count). The lowest BCUT2D eigenvalue weighted by atomic mass is 10.1. The molecule has 59 heavy (non-hydrogen) atoms. The number of phosphoric acid groups is 1. The molecule has 0 heterocycles. The Balaban J connectivity index is 4.26. The molecule has 0 aromatic rings. The van der Waals surface area contributed by atoms with Gasteiger partial charge in [0.1, 0.15) is 12.1 Å². The molecule has 0 amide bonds. The number of carbonyl (C=O) groups excluding carboxylic acids is 1. The summed E-state index contributed by atoms with van der Waals surface area (Å²) in [6.07, 6.45) is 53.7. The summed E-state index contributed by atoms with van der Waals surface area (Å²) in [7, 11) is -4.63. The van der Waals surface area contributed by atoms with E-state index in [1.54, 1.807) is 0 Å². The molecular formula is C48H84NO9P. The summed E-state index contributed by atoms with van der Waals surface area (Å²) in [4.78, 5) is 33.6. The highest BCUT2D eigenvalue weighted by atomic mass is 31.2. The van der Waals surface area contributed by atoms with Gasteiger partial charge in [-0.25, -0.2) is 4.57 Å². The molecule has 11 heteroatoms. The molecule has 10 nitrogen and oxygen atoms in total. The first kappa shape index (κ1) is 56.4. The maximum Gasteiger partial charge on any atom is 0.472 e. The zero-order valence-electron chi connectivity index (χ0n) is 37.1. The Hall–Kier alpha value is -2.59. The van der Waals surface area contributed by atoms with E-state index in [4.69, 9.17) is 29.4 Å². The van der Waals surface area contributed by atoms with Crippen molar-refractivity contribution in [3.8, 4) is 0 Å². The second-order valence-corrected chi connectivity index (χ2v) is 16.6. The van der Waals surface area contributed by atoms with Gasteiger partial charge in [0.05, 0.1) is 19.8 Å². The topological polar surface area (TPSA) is 155 Å². The summed E-state index contributed by atoms with van der Waals surface area (Å²) < 4.78 is 33.4. The van der Waals surface area contributed by atoms with Crippen molar-refractivity contribution in [2.75, 3.05) is 26.4 Å². The second-order valence-electron chi connectivity index (χ2n) is 15.1. The Labute approximate surface area is 359 Å². The zero-order valence-corrected chi connectivity index (χ0v) is 38.0. The summed E-state index contributed by atoms with van der Waals surface area (Å²) >= 11 is 0. The number of carbonyl (C=O) groups is 2. The van der Waals surface area contributed by atoms with Crippen molar-refractivity contribution in [2.24, 2.45) is 5.73 Å². The van der Waals surface area contributed by atoms with E-state index in [2.05, 4.69) is 86.8 Å². The van der Waals surface area contributed by atoms with Crippen molar-refractivity contribution in [1.29, 1.82) is 0 Å². The SMILES string of the molecule is CC/C=C\C/C=C\C/C=C\C/C=C\CCCCCCCCC(=O)OC(COCCCCCCCCCC/C=C\C/C=C\CCCCC)COP(=O)(O)OCC(N)C(=O)O. The van der Waals surface area contributed by atoms with E-state index in [9.17, 15) is 19.0 Å². The van der Waals surface area contributed by atoms with Gasteiger partial charge in [-0.3, -0.25) is 18.6 Å². The van der Waals surface area contributed by atoms with Crippen LogP contribution in [-0.2, 0) is 32.7 Å². The number of nitrogens with two attached hydrogens (primary N) is 1. The Kier molecular flexibility index (Phi) is 41.6. The molecular weight excluding hydrogens is 766 g/mol. The first-order chi connectivity index (χ1) is 28.7. The molecule has 0 aliphatic carbocycles. The average Bonchev–Trinajstić information content (AvgIpc) is 3.21. The number of ether oxygens (including phenoxy) is 2. The standard InChI is InChI=1S/C48H84NO9P/c1-3-5-7-9-11-13-15-17-19-21-23-24-26-28-30-32-34-36-38-40-47(50)58-45(43-56-59(53,54)57-44-46(49)48(51)52)42-55-41-39-37-35-33-31-29-27-25-22-20-18-16-14-12-10-8-6-4-2/h5,7,11-14,17-20,23-24,45-46H,3-4,6,8-10,15-16,21-22,25-44,49H2,1-2H3,(H,51,52)(H,53,54)/b7-5-,13-11-,14-12-,19-17-,20-18-,24-23-. The van der Waals surface area contributed by atoms with Crippen LogP contribution in [0.5, 0.6) is 0 Å². The van der Waals surface area contributed by atoms with Gasteiger partial charge in [0.15, 0.2) is 0 Å². The maximum atomic E-state index is 12.7. The van der Waals surface area contributed by atoms with Gasteiger partial charge in [0.2, 0.25) is 0 Å². The third-order valence-corrected chi connectivity index (χ3v) is 10.4. The van der Waals surface area contributed by atoms with E-state index < -0.39 is 45.1 Å². The molecule has 0 aromatic carbocycles. The molecule has 0 bridgehead atoms. The van der Waals surface area contributed by atoms with Crippen LogP contribution in [0.1, 0.15) is 181 Å². The number of carboxylic acids is 1. The van der Waals surface area contributed by atoms with Crippen LogP contribution in [0.2, 0.25) is 0 Å². The van der Waals surface area contributed by atoms with E-state index in [0.717, 1.165) is 96.3 Å². The Morgan fingerprint density at radius 3 is 1.47 bits per heavy atom. The zero-order chi connectivity index (χ0) is 43.3. The van der Waals surface area contributed by atoms with E-state index >= 15 is 0 Å². The Morgan fingerprint density at radius 1 is 0.559 bits per heavy atom. The minimum Gasteiger partial charge on any atom is -0.480 e. The van der Waals surface area contributed by atoms with Gasteiger partial charge in [0, 0.05) is 13.0 Å². The van der Waals surface area contributed by atoms with Crippen molar-refractivity contribution in [3.05, 3.63) is 72.9 Å². The van der Waals surface area contributed by atoms with Crippen molar-refractivity contribution in [1.82, 2.24) is 0 Å². The van der Waals surface area contributed by atoms with Crippen LogP contribution in [0.25, 0.3) is 0 Å².